The molecule has 0 saturated carbocycles. The van der Waals surface area contributed by atoms with Crippen molar-refractivity contribution in [2.45, 2.75) is 63.4 Å². The molecule has 0 spiro atoms. The van der Waals surface area contributed by atoms with Crippen molar-refractivity contribution in [1.29, 1.82) is 0 Å². The number of likely N-dealkylation sites (tertiary alicyclic amines) is 2. The van der Waals surface area contributed by atoms with Crippen molar-refractivity contribution in [3.05, 3.63) is 29.6 Å². The van der Waals surface area contributed by atoms with Crippen LogP contribution in [-0.4, -0.2) is 66.1 Å². The van der Waals surface area contributed by atoms with Gasteiger partial charge >= 0.3 is 0 Å². The summed E-state index contributed by atoms with van der Waals surface area (Å²) in [4.78, 5) is 22.3. The lowest BCUT2D eigenvalue weighted by atomic mass is 9.74. The lowest BCUT2D eigenvalue weighted by Gasteiger charge is -2.44. The molecule has 3 aliphatic heterocycles. The van der Waals surface area contributed by atoms with Gasteiger partial charge in [0.25, 0.3) is 5.91 Å². The Balaban J connectivity index is 1.47. The molecule has 27 heavy (non-hydrogen) atoms. The van der Waals surface area contributed by atoms with Crippen LogP contribution in [0.15, 0.2) is 18.3 Å². The van der Waals surface area contributed by atoms with Gasteiger partial charge in [-0.15, -0.1) is 0 Å². The van der Waals surface area contributed by atoms with E-state index in [9.17, 15) is 4.79 Å². The molecule has 3 aliphatic rings. The third-order valence-corrected chi connectivity index (χ3v) is 6.67. The number of hydrogen-bond acceptors (Lipinski definition) is 4. The second-order valence-electron chi connectivity index (χ2n) is 8.66. The molecular weight excluding hydrogens is 338 g/mol. The SMILES string of the molecule is Cc1ccc(C2(CN3CCCC3)CCN(C(=O)C3CCCCO3)CC2)nc1. The molecule has 3 fully saturated rings. The van der Waals surface area contributed by atoms with Crippen LogP contribution in [0, 0.1) is 6.92 Å². The maximum Gasteiger partial charge on any atom is 0.251 e. The molecule has 1 aromatic heterocycles. The number of amides is 1. The van der Waals surface area contributed by atoms with Crippen molar-refractivity contribution in [3.8, 4) is 0 Å². The van der Waals surface area contributed by atoms with E-state index in [1.54, 1.807) is 0 Å². The highest BCUT2D eigenvalue weighted by Gasteiger charge is 2.41. The molecule has 3 saturated heterocycles. The predicted octanol–water partition coefficient (Wildman–Crippen LogP) is 2.92. The molecule has 5 heteroatoms. The Bertz CT molecular complexity index is 625. The summed E-state index contributed by atoms with van der Waals surface area (Å²) in [5.74, 6) is 0.210. The van der Waals surface area contributed by atoms with E-state index in [0.29, 0.717) is 0 Å². The molecule has 1 unspecified atom stereocenters. The molecule has 4 rings (SSSR count). The Labute approximate surface area is 163 Å². The molecule has 5 nitrogen and oxygen atoms in total. The lowest BCUT2D eigenvalue weighted by Crippen LogP contribution is -2.52. The van der Waals surface area contributed by atoms with Gasteiger partial charge in [-0.05, 0) is 76.6 Å². The van der Waals surface area contributed by atoms with Crippen molar-refractivity contribution in [1.82, 2.24) is 14.8 Å². The van der Waals surface area contributed by atoms with Gasteiger partial charge in [0.2, 0.25) is 0 Å². The van der Waals surface area contributed by atoms with Gasteiger partial charge in [0.1, 0.15) is 6.10 Å². The van der Waals surface area contributed by atoms with Crippen LogP contribution in [0.25, 0.3) is 0 Å². The van der Waals surface area contributed by atoms with E-state index in [4.69, 9.17) is 9.72 Å². The predicted molar refractivity (Wildman–Crippen MR) is 106 cm³/mol. The van der Waals surface area contributed by atoms with E-state index in [1.165, 1.54) is 37.2 Å². The molecule has 4 heterocycles. The quantitative estimate of drug-likeness (QED) is 0.816. The van der Waals surface area contributed by atoms with Crippen molar-refractivity contribution >= 4 is 5.91 Å². The van der Waals surface area contributed by atoms with Crippen molar-refractivity contribution in [2.24, 2.45) is 0 Å². The minimum Gasteiger partial charge on any atom is -0.368 e. The van der Waals surface area contributed by atoms with Crippen molar-refractivity contribution in [3.63, 3.8) is 0 Å². The van der Waals surface area contributed by atoms with Gasteiger partial charge in [0.15, 0.2) is 0 Å². The van der Waals surface area contributed by atoms with Crippen LogP contribution in [0.5, 0.6) is 0 Å². The van der Waals surface area contributed by atoms with Crippen LogP contribution in [0.4, 0.5) is 0 Å². The fourth-order valence-corrected chi connectivity index (χ4v) is 4.94. The lowest BCUT2D eigenvalue weighted by molar-refractivity contribution is -0.148. The molecule has 0 N–H and O–H groups in total. The van der Waals surface area contributed by atoms with Crippen molar-refractivity contribution < 1.29 is 9.53 Å². The van der Waals surface area contributed by atoms with Crippen molar-refractivity contribution in [2.75, 3.05) is 39.3 Å². The van der Waals surface area contributed by atoms with E-state index in [2.05, 4.69) is 24.0 Å². The second kappa shape index (κ2) is 8.27. The van der Waals surface area contributed by atoms with Gasteiger partial charge in [-0.3, -0.25) is 9.78 Å². The summed E-state index contributed by atoms with van der Waals surface area (Å²) in [5.41, 5.74) is 2.49. The Morgan fingerprint density at radius 3 is 2.56 bits per heavy atom. The highest BCUT2D eigenvalue weighted by atomic mass is 16.5. The minimum absolute atomic E-state index is 0.0717. The van der Waals surface area contributed by atoms with Crippen LogP contribution in [0.3, 0.4) is 0 Å². The first kappa shape index (κ1) is 18.9. The number of nitrogens with zero attached hydrogens (tertiary/aromatic N) is 3. The van der Waals surface area contributed by atoms with Crippen LogP contribution in [0.2, 0.25) is 0 Å². The largest absolute Gasteiger partial charge is 0.368 e. The minimum atomic E-state index is -0.206. The van der Waals surface area contributed by atoms with Gasteiger partial charge in [-0.2, -0.15) is 0 Å². The van der Waals surface area contributed by atoms with Gasteiger partial charge in [0, 0.05) is 43.5 Å². The van der Waals surface area contributed by atoms with E-state index >= 15 is 0 Å². The number of rotatable bonds is 4. The smallest absolute Gasteiger partial charge is 0.251 e. The molecule has 148 valence electrons. The Hall–Kier alpha value is -1.46. The first-order valence-corrected chi connectivity index (χ1v) is 10.7. The number of ether oxygens (including phenoxy) is 1. The molecular formula is C22H33N3O2. The van der Waals surface area contributed by atoms with Gasteiger partial charge in [0.05, 0.1) is 0 Å². The molecule has 1 atom stereocenters. The Morgan fingerprint density at radius 1 is 1.15 bits per heavy atom. The van der Waals surface area contributed by atoms with Gasteiger partial charge in [-0.1, -0.05) is 6.07 Å². The van der Waals surface area contributed by atoms with E-state index in [-0.39, 0.29) is 17.4 Å². The number of carbonyl (C=O) groups is 1. The standard InChI is InChI=1S/C22H33N3O2/c1-18-7-8-20(23-16-18)22(17-24-11-3-4-12-24)9-13-25(14-10-22)21(26)19-6-2-5-15-27-19/h7-8,16,19H,2-6,9-15,17H2,1H3. The molecule has 0 radical (unpaired) electrons. The monoisotopic (exact) mass is 371 g/mol. The van der Waals surface area contributed by atoms with Gasteiger partial charge < -0.3 is 14.5 Å². The fourth-order valence-electron chi connectivity index (χ4n) is 4.94. The summed E-state index contributed by atoms with van der Waals surface area (Å²) in [6.45, 7) is 7.94. The number of pyridine rings is 1. The number of aromatic nitrogens is 1. The first-order chi connectivity index (χ1) is 13.2. The van der Waals surface area contributed by atoms with Crippen LogP contribution >= 0.6 is 0 Å². The van der Waals surface area contributed by atoms with E-state index < -0.39 is 0 Å². The van der Waals surface area contributed by atoms with Gasteiger partial charge in [-0.25, -0.2) is 0 Å². The summed E-state index contributed by atoms with van der Waals surface area (Å²) in [5, 5.41) is 0. The third-order valence-electron chi connectivity index (χ3n) is 6.67. The summed E-state index contributed by atoms with van der Waals surface area (Å²) in [6.07, 6.45) is 9.47. The second-order valence-corrected chi connectivity index (χ2v) is 8.66. The number of aryl methyl sites for hydroxylation is 1. The summed E-state index contributed by atoms with van der Waals surface area (Å²) in [7, 11) is 0. The first-order valence-electron chi connectivity index (χ1n) is 10.7. The van der Waals surface area contributed by atoms with E-state index in [1.807, 2.05) is 11.1 Å². The zero-order chi connectivity index (χ0) is 18.7. The maximum absolute atomic E-state index is 12.9. The average Bonchev–Trinajstić information content (AvgIpc) is 3.22. The molecule has 1 amide bonds. The van der Waals surface area contributed by atoms with E-state index in [0.717, 1.165) is 58.3 Å². The zero-order valence-electron chi connectivity index (χ0n) is 16.7. The number of piperidine rings is 1. The summed E-state index contributed by atoms with van der Waals surface area (Å²) < 4.78 is 5.74. The van der Waals surface area contributed by atoms with Crippen LogP contribution in [-0.2, 0) is 14.9 Å². The molecule has 0 aliphatic carbocycles. The van der Waals surface area contributed by atoms with Crippen LogP contribution in [0.1, 0.15) is 56.2 Å². The average molecular weight is 372 g/mol. The topological polar surface area (TPSA) is 45.7 Å². The third kappa shape index (κ3) is 4.19. The molecule has 1 aromatic rings. The molecule has 0 bridgehead atoms. The molecule has 0 aromatic carbocycles. The maximum atomic E-state index is 12.9. The summed E-state index contributed by atoms with van der Waals surface area (Å²) in [6, 6.07) is 4.40. The number of carbonyl (C=O) groups excluding carboxylic acids is 1. The fraction of sp³-hybridized carbons (Fsp3) is 0.727. The van der Waals surface area contributed by atoms with Crippen LogP contribution < -0.4 is 0 Å². The zero-order valence-corrected chi connectivity index (χ0v) is 16.7. The summed E-state index contributed by atoms with van der Waals surface area (Å²) >= 11 is 0. The highest BCUT2D eigenvalue weighted by Crippen LogP contribution is 2.37. The normalized spacial score (nSPS) is 26.3. The Morgan fingerprint density at radius 2 is 1.93 bits per heavy atom. The Kier molecular flexibility index (Phi) is 5.79. The number of hydrogen-bond donors (Lipinski definition) is 0. The highest BCUT2D eigenvalue weighted by molar-refractivity contribution is 5.81.